The molecule has 1 amide bonds. The number of ether oxygens (including phenoxy) is 2. The Labute approximate surface area is 162 Å². The second-order valence-electron chi connectivity index (χ2n) is 8.69. The van der Waals surface area contributed by atoms with Crippen molar-refractivity contribution in [3.63, 3.8) is 0 Å². The molecule has 2 fully saturated rings. The second kappa shape index (κ2) is 4.87. The van der Waals surface area contributed by atoms with Gasteiger partial charge in [0.25, 0.3) is 0 Å². The van der Waals surface area contributed by atoms with E-state index in [9.17, 15) is 9.59 Å². The van der Waals surface area contributed by atoms with Crippen molar-refractivity contribution in [1.82, 2.24) is 9.88 Å². The third-order valence-electron chi connectivity index (χ3n) is 7.51. The number of methoxy groups -OCH3 is 1. The van der Waals surface area contributed by atoms with E-state index in [0.29, 0.717) is 6.42 Å². The molecule has 1 aromatic heterocycles. The van der Waals surface area contributed by atoms with Crippen LogP contribution in [0.5, 0.6) is 0 Å². The number of aromatic amines is 1. The molecular weight excluding hydrogens is 356 g/mol. The molecule has 0 radical (unpaired) electrons. The van der Waals surface area contributed by atoms with Crippen molar-refractivity contribution >= 4 is 22.8 Å². The number of amides is 1. The zero-order valence-electron chi connectivity index (χ0n) is 16.1. The molecule has 0 aliphatic carbocycles. The molecule has 5 heterocycles. The lowest BCUT2D eigenvalue weighted by Gasteiger charge is -2.40. The molecule has 28 heavy (non-hydrogen) atoms. The van der Waals surface area contributed by atoms with Gasteiger partial charge in [-0.1, -0.05) is 37.3 Å². The van der Waals surface area contributed by atoms with Crippen molar-refractivity contribution in [3.8, 4) is 0 Å². The van der Waals surface area contributed by atoms with Gasteiger partial charge in [-0.3, -0.25) is 4.79 Å². The minimum absolute atomic E-state index is 0.00900. The molecule has 6 atom stereocenters. The minimum Gasteiger partial charge on any atom is -0.467 e. The Balaban J connectivity index is 1.63. The summed E-state index contributed by atoms with van der Waals surface area (Å²) in [6.07, 6.45) is 4.61. The van der Waals surface area contributed by atoms with Crippen LogP contribution in [0.3, 0.4) is 0 Å². The Morgan fingerprint density at radius 1 is 1.32 bits per heavy atom. The molecule has 1 aromatic carbocycles. The maximum absolute atomic E-state index is 13.6. The fourth-order valence-corrected chi connectivity index (χ4v) is 6.10. The van der Waals surface area contributed by atoms with Crippen LogP contribution >= 0.6 is 0 Å². The van der Waals surface area contributed by atoms with Gasteiger partial charge in [0.1, 0.15) is 17.7 Å². The molecule has 2 saturated heterocycles. The number of nitrogens with one attached hydrogen (secondary N) is 1. The van der Waals surface area contributed by atoms with Crippen molar-refractivity contribution in [2.75, 3.05) is 7.11 Å². The number of nitrogens with zero attached hydrogens (tertiary/aromatic N) is 1. The van der Waals surface area contributed by atoms with Gasteiger partial charge in [-0.15, -0.1) is 0 Å². The molecule has 4 aliphatic rings. The molecule has 6 heteroatoms. The highest BCUT2D eigenvalue weighted by molar-refractivity contribution is 5.94. The summed E-state index contributed by atoms with van der Waals surface area (Å²) in [6.45, 7) is 4.12. The SMILES string of the molecule is COC(=O)[C@@H]1Cc2c([nH]c3ccccc23)[C@@H]2N1C(=O)[C@@H]1[C@@H](C)[C@@]3(C)C=C[C@]12O3. The monoisotopic (exact) mass is 378 g/mol. The number of esters is 1. The van der Waals surface area contributed by atoms with Crippen molar-refractivity contribution < 1.29 is 19.1 Å². The van der Waals surface area contributed by atoms with Crippen LogP contribution in [-0.4, -0.2) is 46.1 Å². The first-order valence-corrected chi connectivity index (χ1v) is 9.81. The zero-order valence-corrected chi connectivity index (χ0v) is 16.1. The van der Waals surface area contributed by atoms with Crippen molar-refractivity contribution in [3.05, 3.63) is 47.7 Å². The largest absolute Gasteiger partial charge is 0.467 e. The zero-order chi connectivity index (χ0) is 19.4. The fraction of sp³-hybridized carbons (Fsp3) is 0.455. The standard InChI is InChI=1S/C22H22N2O4/c1-11-16-19(25)24-15(20(26)27-3)10-13-12-6-4-5-7-14(12)23-17(13)18(24)22(16)9-8-21(11,2)28-22/h4-9,11,15-16,18,23H,10H2,1-3H3/t11-,15+,16+,18+,21-,22+/m1/s1. The smallest absolute Gasteiger partial charge is 0.328 e. The van der Waals surface area contributed by atoms with Crippen LogP contribution < -0.4 is 0 Å². The van der Waals surface area contributed by atoms with Gasteiger partial charge >= 0.3 is 5.97 Å². The van der Waals surface area contributed by atoms with E-state index < -0.39 is 17.2 Å². The molecule has 2 bridgehead atoms. The van der Waals surface area contributed by atoms with Gasteiger partial charge in [0.15, 0.2) is 0 Å². The number of rotatable bonds is 1. The molecule has 0 unspecified atom stereocenters. The molecule has 1 spiro atoms. The van der Waals surface area contributed by atoms with Crippen molar-refractivity contribution in [1.29, 1.82) is 0 Å². The summed E-state index contributed by atoms with van der Waals surface area (Å²) >= 11 is 0. The van der Waals surface area contributed by atoms with Gasteiger partial charge in [0.05, 0.1) is 18.6 Å². The third-order valence-corrected chi connectivity index (χ3v) is 7.51. The van der Waals surface area contributed by atoms with Gasteiger partial charge in [-0.2, -0.15) is 0 Å². The number of hydrogen-bond acceptors (Lipinski definition) is 4. The molecule has 6 rings (SSSR count). The Kier molecular flexibility index (Phi) is 2.84. The van der Waals surface area contributed by atoms with E-state index in [4.69, 9.17) is 9.47 Å². The van der Waals surface area contributed by atoms with Gasteiger partial charge in [-0.05, 0) is 18.6 Å². The van der Waals surface area contributed by atoms with Gasteiger partial charge < -0.3 is 19.4 Å². The highest BCUT2D eigenvalue weighted by atomic mass is 16.5. The fourth-order valence-electron chi connectivity index (χ4n) is 6.10. The Bertz CT molecular complexity index is 1090. The van der Waals surface area contributed by atoms with Crippen molar-refractivity contribution in [2.24, 2.45) is 11.8 Å². The lowest BCUT2D eigenvalue weighted by molar-refractivity contribution is -0.156. The Morgan fingerprint density at radius 2 is 2.11 bits per heavy atom. The second-order valence-corrected chi connectivity index (χ2v) is 8.69. The summed E-state index contributed by atoms with van der Waals surface area (Å²) < 4.78 is 11.7. The van der Waals surface area contributed by atoms with E-state index in [-0.39, 0.29) is 29.8 Å². The summed E-state index contributed by atoms with van der Waals surface area (Å²) in [7, 11) is 1.38. The molecule has 4 aliphatic heterocycles. The van der Waals surface area contributed by atoms with Gasteiger partial charge in [0.2, 0.25) is 5.91 Å². The normalized spacial score (nSPS) is 40.0. The number of aromatic nitrogens is 1. The van der Waals surface area contributed by atoms with Crippen LogP contribution in [0.1, 0.15) is 31.1 Å². The van der Waals surface area contributed by atoms with E-state index in [2.05, 4.69) is 30.1 Å². The number of benzene rings is 1. The molecule has 6 nitrogen and oxygen atoms in total. The predicted octanol–water partition coefficient (Wildman–Crippen LogP) is 2.50. The van der Waals surface area contributed by atoms with E-state index >= 15 is 0 Å². The molecular formula is C22H22N2O4. The Hall–Kier alpha value is -2.60. The molecule has 2 aromatic rings. The van der Waals surface area contributed by atoms with Gasteiger partial charge in [-0.25, -0.2) is 4.79 Å². The summed E-state index contributed by atoms with van der Waals surface area (Å²) in [5, 5.41) is 1.09. The highest BCUT2D eigenvalue weighted by Gasteiger charge is 2.74. The van der Waals surface area contributed by atoms with E-state index in [1.165, 1.54) is 7.11 Å². The van der Waals surface area contributed by atoms with Gasteiger partial charge in [0, 0.05) is 28.9 Å². The number of carbonyl (C=O) groups is 2. The van der Waals surface area contributed by atoms with E-state index in [0.717, 1.165) is 22.2 Å². The van der Waals surface area contributed by atoms with Crippen LogP contribution in [0.4, 0.5) is 0 Å². The van der Waals surface area contributed by atoms with Crippen LogP contribution in [-0.2, 0) is 25.5 Å². The number of carbonyl (C=O) groups excluding carboxylic acids is 2. The number of para-hydroxylation sites is 1. The summed E-state index contributed by atoms with van der Waals surface area (Å²) in [5.41, 5.74) is 1.89. The van der Waals surface area contributed by atoms with Crippen molar-refractivity contribution in [2.45, 2.75) is 43.6 Å². The van der Waals surface area contributed by atoms with Crippen LogP contribution in [0.2, 0.25) is 0 Å². The average molecular weight is 378 g/mol. The predicted molar refractivity (Wildman–Crippen MR) is 101 cm³/mol. The number of fused-ring (bicyclic) bond motifs is 6. The molecule has 1 N–H and O–H groups in total. The highest BCUT2D eigenvalue weighted by Crippen LogP contribution is 2.65. The van der Waals surface area contributed by atoms with Crippen LogP contribution in [0, 0.1) is 11.8 Å². The summed E-state index contributed by atoms with van der Waals surface area (Å²) in [5.74, 6) is -0.632. The minimum atomic E-state index is -0.742. The summed E-state index contributed by atoms with van der Waals surface area (Å²) in [4.78, 5) is 31.6. The number of H-pyrrole nitrogens is 1. The first-order valence-electron chi connectivity index (χ1n) is 9.81. The maximum Gasteiger partial charge on any atom is 0.328 e. The van der Waals surface area contributed by atoms with E-state index in [1.54, 1.807) is 4.90 Å². The quantitative estimate of drug-likeness (QED) is 0.611. The third kappa shape index (κ3) is 1.61. The van der Waals surface area contributed by atoms with Crippen LogP contribution in [0.25, 0.3) is 10.9 Å². The lowest BCUT2D eigenvalue weighted by atomic mass is 9.71. The maximum atomic E-state index is 13.6. The molecule has 144 valence electrons. The Morgan fingerprint density at radius 3 is 2.89 bits per heavy atom. The van der Waals surface area contributed by atoms with Crippen LogP contribution in [0.15, 0.2) is 36.4 Å². The number of hydrogen-bond donors (Lipinski definition) is 1. The average Bonchev–Trinajstić information content (AvgIpc) is 3.37. The first-order chi connectivity index (χ1) is 13.4. The van der Waals surface area contributed by atoms with E-state index in [1.807, 2.05) is 25.1 Å². The topological polar surface area (TPSA) is 71.6 Å². The summed E-state index contributed by atoms with van der Waals surface area (Å²) in [6, 6.07) is 7.09. The lowest BCUT2D eigenvalue weighted by Crippen LogP contribution is -2.51. The molecule has 0 saturated carbocycles. The first kappa shape index (κ1) is 16.4.